The Morgan fingerprint density at radius 2 is 1.97 bits per heavy atom. The number of carbonyl (C=O) groups excluding carboxylic acids is 1. The number of rotatable bonds is 5. The number of piperazine rings is 1. The molecule has 3 heterocycles. The first-order valence-electron chi connectivity index (χ1n) is 11.7. The molecule has 1 fully saturated rings. The van der Waals surface area contributed by atoms with Crippen LogP contribution in [0.25, 0.3) is 10.2 Å². The van der Waals surface area contributed by atoms with Gasteiger partial charge in [0.05, 0.1) is 12.5 Å². The molecule has 8 heteroatoms. The number of aromatic nitrogens is 2. The van der Waals surface area contributed by atoms with Crippen molar-refractivity contribution >= 4 is 33.1 Å². The van der Waals surface area contributed by atoms with E-state index in [9.17, 15) is 9.59 Å². The summed E-state index contributed by atoms with van der Waals surface area (Å²) in [6.45, 7) is 5.27. The Kier molecular flexibility index (Phi) is 6.10. The molecule has 1 aromatic carbocycles. The minimum atomic E-state index is -0.0531. The zero-order valence-corrected chi connectivity index (χ0v) is 20.0. The number of nitrogens with zero attached hydrogens (tertiary/aromatic N) is 3. The molecular formula is C25H30N4O3S. The van der Waals surface area contributed by atoms with Crippen LogP contribution in [0.15, 0.2) is 29.1 Å². The highest BCUT2D eigenvalue weighted by Crippen LogP contribution is 2.35. The van der Waals surface area contributed by atoms with Crippen molar-refractivity contribution in [3.05, 3.63) is 50.9 Å². The first-order chi connectivity index (χ1) is 16.0. The van der Waals surface area contributed by atoms with Crippen molar-refractivity contribution in [3.8, 4) is 5.75 Å². The van der Waals surface area contributed by atoms with Crippen molar-refractivity contribution in [2.24, 2.45) is 5.92 Å². The summed E-state index contributed by atoms with van der Waals surface area (Å²) >= 11 is 1.65. The van der Waals surface area contributed by atoms with Crippen molar-refractivity contribution in [1.29, 1.82) is 0 Å². The van der Waals surface area contributed by atoms with Crippen LogP contribution in [0.2, 0.25) is 0 Å². The van der Waals surface area contributed by atoms with Crippen LogP contribution in [0.4, 0.5) is 5.69 Å². The summed E-state index contributed by atoms with van der Waals surface area (Å²) in [4.78, 5) is 39.6. The number of fused-ring (bicyclic) bond motifs is 3. The van der Waals surface area contributed by atoms with Crippen LogP contribution in [-0.4, -0.2) is 54.1 Å². The van der Waals surface area contributed by atoms with Crippen LogP contribution < -0.4 is 15.2 Å². The van der Waals surface area contributed by atoms with E-state index in [4.69, 9.17) is 9.72 Å². The number of methoxy groups -OCH3 is 1. The number of nitrogens with one attached hydrogen (secondary N) is 1. The van der Waals surface area contributed by atoms with Crippen molar-refractivity contribution in [2.75, 3.05) is 38.2 Å². The lowest BCUT2D eigenvalue weighted by molar-refractivity contribution is -0.131. The number of carbonyl (C=O) groups is 1. The van der Waals surface area contributed by atoms with Gasteiger partial charge in [-0.2, -0.15) is 0 Å². The van der Waals surface area contributed by atoms with Crippen LogP contribution >= 0.6 is 11.3 Å². The van der Waals surface area contributed by atoms with Crippen molar-refractivity contribution in [3.63, 3.8) is 0 Å². The minimum Gasteiger partial charge on any atom is -0.497 e. The topological polar surface area (TPSA) is 78.5 Å². The number of amides is 1. The highest BCUT2D eigenvalue weighted by atomic mass is 32.1. The molecule has 1 unspecified atom stereocenters. The van der Waals surface area contributed by atoms with E-state index in [1.54, 1.807) is 18.4 Å². The molecule has 0 bridgehead atoms. The molecule has 1 aliphatic heterocycles. The molecule has 174 valence electrons. The molecule has 5 rings (SSSR count). The largest absolute Gasteiger partial charge is 0.497 e. The minimum absolute atomic E-state index is 0.0531. The fraction of sp³-hybridized carbons (Fsp3) is 0.480. The summed E-state index contributed by atoms with van der Waals surface area (Å²) in [6.07, 6.45) is 3.94. The fourth-order valence-electron chi connectivity index (χ4n) is 4.90. The van der Waals surface area contributed by atoms with Gasteiger partial charge in [-0.3, -0.25) is 9.59 Å². The molecule has 0 saturated carbocycles. The van der Waals surface area contributed by atoms with E-state index < -0.39 is 0 Å². The number of ether oxygens (including phenoxy) is 1. The average molecular weight is 467 g/mol. The van der Waals surface area contributed by atoms with Gasteiger partial charge in [0.25, 0.3) is 5.56 Å². The van der Waals surface area contributed by atoms with Crippen molar-refractivity contribution in [2.45, 2.75) is 39.0 Å². The third kappa shape index (κ3) is 4.49. The summed E-state index contributed by atoms with van der Waals surface area (Å²) in [5.74, 6) is 2.23. The second-order valence-corrected chi connectivity index (χ2v) is 10.2. The number of aromatic amines is 1. The lowest BCUT2D eigenvalue weighted by atomic mass is 9.89. The van der Waals surface area contributed by atoms with Crippen LogP contribution in [0.1, 0.15) is 36.0 Å². The maximum absolute atomic E-state index is 12.8. The van der Waals surface area contributed by atoms with E-state index in [1.165, 1.54) is 10.4 Å². The molecule has 1 aliphatic carbocycles. The summed E-state index contributed by atoms with van der Waals surface area (Å²) in [6, 6.07) is 8.03. The van der Waals surface area contributed by atoms with E-state index in [1.807, 2.05) is 17.0 Å². The first kappa shape index (κ1) is 21.9. The zero-order valence-electron chi connectivity index (χ0n) is 19.2. The normalized spacial score (nSPS) is 18.4. The molecule has 0 spiro atoms. The third-order valence-corrected chi connectivity index (χ3v) is 8.01. The van der Waals surface area contributed by atoms with Crippen molar-refractivity contribution < 1.29 is 9.53 Å². The van der Waals surface area contributed by atoms with Gasteiger partial charge in [0.15, 0.2) is 0 Å². The standard InChI is InChI=1S/C25H30N4O3S/c1-16-3-8-19-20(15-16)33-25-23(19)24(31)26-21(27-25)9-10-22(30)29-13-11-28(12-14-29)17-4-6-18(32-2)7-5-17/h4-7,16H,3,8-15H2,1-2H3,(H,26,27,31). The Morgan fingerprint density at radius 3 is 2.70 bits per heavy atom. The van der Waals surface area contributed by atoms with Gasteiger partial charge in [0.2, 0.25) is 5.91 Å². The van der Waals surface area contributed by atoms with Crippen LogP contribution in [0, 0.1) is 5.92 Å². The molecule has 1 amide bonds. The Hall–Kier alpha value is -2.87. The molecule has 1 atom stereocenters. The van der Waals surface area contributed by atoms with E-state index >= 15 is 0 Å². The fourth-order valence-corrected chi connectivity index (χ4v) is 6.30. The Labute approximate surface area is 197 Å². The van der Waals surface area contributed by atoms with Gasteiger partial charge in [0.1, 0.15) is 16.4 Å². The number of hydrogen-bond donors (Lipinski definition) is 1. The van der Waals surface area contributed by atoms with Crippen molar-refractivity contribution in [1.82, 2.24) is 14.9 Å². The van der Waals surface area contributed by atoms with E-state index in [-0.39, 0.29) is 11.5 Å². The van der Waals surface area contributed by atoms with Gasteiger partial charge >= 0.3 is 0 Å². The molecule has 7 nitrogen and oxygen atoms in total. The van der Waals surface area contributed by atoms with E-state index in [0.29, 0.717) is 37.7 Å². The molecule has 3 aromatic rings. The molecule has 0 radical (unpaired) electrons. The number of aryl methyl sites for hydroxylation is 2. The zero-order chi connectivity index (χ0) is 22.9. The predicted octanol–water partition coefficient (Wildman–Crippen LogP) is 3.40. The second-order valence-electron chi connectivity index (χ2n) is 9.11. The van der Waals surface area contributed by atoms with Gasteiger partial charge in [-0.25, -0.2) is 4.98 Å². The Morgan fingerprint density at radius 1 is 1.21 bits per heavy atom. The molecule has 1 saturated heterocycles. The SMILES string of the molecule is COc1ccc(N2CCN(C(=O)CCc3nc4sc5c(c4c(=O)[nH]3)CCC(C)C5)CC2)cc1. The Balaban J connectivity index is 1.19. The summed E-state index contributed by atoms with van der Waals surface area (Å²) in [5, 5.41) is 0.770. The van der Waals surface area contributed by atoms with Gasteiger partial charge < -0.3 is 19.5 Å². The van der Waals surface area contributed by atoms with Crippen LogP contribution in [0.3, 0.4) is 0 Å². The number of benzene rings is 1. The van der Waals surface area contributed by atoms with Gasteiger partial charge in [-0.1, -0.05) is 6.92 Å². The number of hydrogen-bond acceptors (Lipinski definition) is 6. The van der Waals surface area contributed by atoms with E-state index in [2.05, 4.69) is 28.9 Å². The third-order valence-electron chi connectivity index (χ3n) is 6.86. The summed E-state index contributed by atoms with van der Waals surface area (Å²) in [5.41, 5.74) is 2.29. The molecule has 1 N–H and O–H groups in total. The van der Waals surface area contributed by atoms with Crippen LogP contribution in [-0.2, 0) is 24.1 Å². The molecule has 2 aliphatic rings. The lowest BCUT2D eigenvalue weighted by Gasteiger charge is -2.36. The lowest BCUT2D eigenvalue weighted by Crippen LogP contribution is -2.48. The first-order valence-corrected chi connectivity index (χ1v) is 12.5. The summed E-state index contributed by atoms with van der Waals surface area (Å²) in [7, 11) is 1.66. The average Bonchev–Trinajstić information content (AvgIpc) is 3.20. The highest BCUT2D eigenvalue weighted by molar-refractivity contribution is 7.18. The maximum atomic E-state index is 12.8. The summed E-state index contributed by atoms with van der Waals surface area (Å²) < 4.78 is 5.23. The van der Waals surface area contributed by atoms with Crippen LogP contribution in [0.5, 0.6) is 5.75 Å². The molecule has 2 aromatic heterocycles. The van der Waals surface area contributed by atoms with Gasteiger partial charge in [-0.05, 0) is 55.0 Å². The number of thiophene rings is 1. The number of H-pyrrole nitrogens is 1. The Bertz CT molecular complexity index is 1210. The number of anilines is 1. The van der Waals surface area contributed by atoms with E-state index in [0.717, 1.165) is 54.0 Å². The predicted molar refractivity (Wildman–Crippen MR) is 132 cm³/mol. The highest BCUT2D eigenvalue weighted by Gasteiger charge is 2.24. The quantitative estimate of drug-likeness (QED) is 0.624. The maximum Gasteiger partial charge on any atom is 0.259 e. The second kappa shape index (κ2) is 9.17. The van der Waals surface area contributed by atoms with Gasteiger partial charge in [0, 0.05) is 49.6 Å². The monoisotopic (exact) mass is 466 g/mol. The smallest absolute Gasteiger partial charge is 0.259 e. The molecule has 33 heavy (non-hydrogen) atoms. The van der Waals surface area contributed by atoms with Gasteiger partial charge in [-0.15, -0.1) is 11.3 Å². The molecular weight excluding hydrogens is 436 g/mol.